The van der Waals surface area contributed by atoms with Crippen LogP contribution in [0.15, 0.2) is 41.4 Å². The fourth-order valence-corrected chi connectivity index (χ4v) is 6.16. The topological polar surface area (TPSA) is 117 Å². The highest BCUT2D eigenvalue weighted by Gasteiger charge is 2.56. The van der Waals surface area contributed by atoms with Gasteiger partial charge in [0.05, 0.1) is 35.0 Å². The molecular weight excluding hydrogens is 454 g/mol. The maximum absolute atomic E-state index is 12.8. The Morgan fingerprint density at radius 1 is 1.21 bits per heavy atom. The van der Waals surface area contributed by atoms with Crippen molar-refractivity contribution in [2.75, 3.05) is 5.75 Å². The van der Waals surface area contributed by atoms with Crippen molar-refractivity contribution in [2.24, 2.45) is 11.3 Å². The molecule has 34 heavy (non-hydrogen) atoms. The molecule has 1 aromatic heterocycles. The van der Waals surface area contributed by atoms with Gasteiger partial charge in [0.15, 0.2) is 9.84 Å². The van der Waals surface area contributed by atoms with Crippen LogP contribution in [0.2, 0.25) is 0 Å². The van der Waals surface area contributed by atoms with Crippen molar-refractivity contribution in [3.8, 4) is 0 Å². The molecule has 2 heterocycles. The Hall–Kier alpha value is -2.94. The molecule has 0 spiro atoms. The molecule has 1 atom stereocenters. The molecule has 184 valence electrons. The summed E-state index contributed by atoms with van der Waals surface area (Å²) in [5, 5.41) is 12.8. The van der Waals surface area contributed by atoms with Crippen LogP contribution in [0.25, 0.3) is 0 Å². The number of carbonyl (C=O) groups is 2. The molecule has 2 amide bonds. The van der Waals surface area contributed by atoms with Crippen molar-refractivity contribution in [1.29, 1.82) is 0 Å². The molecule has 1 aromatic carbocycles. The highest BCUT2D eigenvalue weighted by atomic mass is 32.2. The van der Waals surface area contributed by atoms with Gasteiger partial charge in [0.2, 0.25) is 0 Å². The van der Waals surface area contributed by atoms with Crippen molar-refractivity contribution in [3.05, 3.63) is 58.9 Å². The Labute approximate surface area is 201 Å². The number of amides is 2. The van der Waals surface area contributed by atoms with Crippen LogP contribution in [-0.2, 0) is 28.5 Å². The van der Waals surface area contributed by atoms with Crippen molar-refractivity contribution in [2.45, 2.75) is 65.1 Å². The van der Waals surface area contributed by atoms with Crippen LogP contribution in [0, 0.1) is 11.3 Å². The van der Waals surface area contributed by atoms with E-state index < -0.39 is 21.5 Å². The summed E-state index contributed by atoms with van der Waals surface area (Å²) in [5.41, 5.74) is 1.65. The number of sulfone groups is 1. The largest absolute Gasteiger partial charge is 0.465 e. The first-order valence-corrected chi connectivity index (χ1v) is 13.0. The second-order valence-corrected chi connectivity index (χ2v) is 12.3. The predicted octanol–water partition coefficient (Wildman–Crippen LogP) is 4.20. The minimum atomic E-state index is -3.33. The maximum Gasteiger partial charge on any atom is 0.408 e. The number of hydrogen-bond donors (Lipinski definition) is 2. The van der Waals surface area contributed by atoms with Crippen LogP contribution < -0.4 is 5.32 Å². The van der Waals surface area contributed by atoms with Gasteiger partial charge in [-0.2, -0.15) is 0 Å². The number of pyridine rings is 1. The van der Waals surface area contributed by atoms with Gasteiger partial charge in [0.25, 0.3) is 5.91 Å². The molecule has 0 bridgehead atoms. The minimum Gasteiger partial charge on any atom is -0.465 e. The maximum atomic E-state index is 12.8. The molecule has 8 nitrogen and oxygen atoms in total. The number of benzene rings is 1. The summed E-state index contributed by atoms with van der Waals surface area (Å²) < 4.78 is 23.8. The normalized spacial score (nSPS) is 18.1. The SMILES string of the molecule is CCS(=O)(=O)c1ccc(CNC(=O)c2ccc3c(c2)CN(C(=O)O)C3(C(C)C)C(C)(C)C)nc1. The van der Waals surface area contributed by atoms with Gasteiger partial charge in [0, 0.05) is 11.8 Å². The van der Waals surface area contributed by atoms with E-state index in [-0.39, 0.29) is 41.0 Å². The van der Waals surface area contributed by atoms with Crippen molar-refractivity contribution in [3.63, 3.8) is 0 Å². The van der Waals surface area contributed by atoms with Crippen LogP contribution >= 0.6 is 0 Å². The van der Waals surface area contributed by atoms with E-state index in [1.165, 1.54) is 17.2 Å². The van der Waals surface area contributed by atoms with Crippen molar-refractivity contribution < 1.29 is 23.1 Å². The third kappa shape index (κ3) is 4.29. The smallest absolute Gasteiger partial charge is 0.408 e. The Kier molecular flexibility index (Phi) is 6.81. The average molecular weight is 488 g/mol. The highest BCUT2D eigenvalue weighted by molar-refractivity contribution is 7.91. The zero-order valence-corrected chi connectivity index (χ0v) is 21.4. The van der Waals surface area contributed by atoms with Crippen LogP contribution in [0.3, 0.4) is 0 Å². The molecule has 1 aliphatic heterocycles. The van der Waals surface area contributed by atoms with E-state index in [2.05, 4.69) is 10.3 Å². The van der Waals surface area contributed by atoms with Crippen LogP contribution in [-0.4, -0.2) is 41.2 Å². The Morgan fingerprint density at radius 2 is 1.88 bits per heavy atom. The molecule has 0 radical (unpaired) electrons. The number of carboxylic acid groups (broad SMARTS) is 1. The Morgan fingerprint density at radius 3 is 2.38 bits per heavy atom. The number of rotatable bonds is 6. The number of fused-ring (bicyclic) bond motifs is 1. The standard InChI is InChI=1S/C25H33N3O5S/c1-7-34(32,33)20-10-9-19(26-14-20)13-27-22(29)17-8-11-21-18(12-17)15-28(23(30)31)25(21,16(2)3)24(4,5)6/h8-12,14,16H,7,13,15H2,1-6H3,(H,27,29)(H,30,31). The summed E-state index contributed by atoms with van der Waals surface area (Å²) in [5.74, 6) is -0.292. The number of nitrogens with zero attached hydrogens (tertiary/aromatic N) is 2. The third-order valence-corrected chi connectivity index (χ3v) is 8.43. The second-order valence-electron chi connectivity index (χ2n) is 9.98. The molecule has 1 aliphatic rings. The van der Waals surface area contributed by atoms with E-state index in [0.717, 1.165) is 11.1 Å². The summed E-state index contributed by atoms with van der Waals surface area (Å²) in [7, 11) is -3.33. The van der Waals surface area contributed by atoms with Gasteiger partial charge in [-0.3, -0.25) is 14.7 Å². The molecule has 0 fully saturated rings. The first-order valence-electron chi connectivity index (χ1n) is 11.4. The lowest BCUT2D eigenvalue weighted by molar-refractivity contribution is -0.0263. The molecule has 9 heteroatoms. The fourth-order valence-electron chi connectivity index (χ4n) is 5.33. The van der Waals surface area contributed by atoms with Gasteiger partial charge in [-0.15, -0.1) is 0 Å². The van der Waals surface area contributed by atoms with E-state index >= 15 is 0 Å². The lowest BCUT2D eigenvalue weighted by atomic mass is 9.63. The Bertz CT molecular complexity index is 1200. The summed E-state index contributed by atoms with van der Waals surface area (Å²) >= 11 is 0. The summed E-state index contributed by atoms with van der Waals surface area (Å²) in [6, 6.07) is 8.44. The summed E-state index contributed by atoms with van der Waals surface area (Å²) in [6.45, 7) is 12.1. The van der Waals surface area contributed by atoms with Gasteiger partial charge >= 0.3 is 6.09 Å². The van der Waals surface area contributed by atoms with E-state index in [0.29, 0.717) is 11.3 Å². The molecule has 1 unspecified atom stereocenters. The van der Waals surface area contributed by atoms with Gasteiger partial charge in [-0.1, -0.05) is 47.6 Å². The van der Waals surface area contributed by atoms with Crippen molar-refractivity contribution >= 4 is 21.8 Å². The average Bonchev–Trinajstić information content (AvgIpc) is 3.14. The van der Waals surface area contributed by atoms with Crippen molar-refractivity contribution in [1.82, 2.24) is 15.2 Å². The Balaban J connectivity index is 1.84. The van der Waals surface area contributed by atoms with Crippen LogP contribution in [0.4, 0.5) is 4.79 Å². The van der Waals surface area contributed by atoms with Gasteiger partial charge in [-0.05, 0) is 46.7 Å². The lowest BCUT2D eigenvalue weighted by Crippen LogP contribution is -2.56. The zero-order chi connectivity index (χ0) is 25.5. The molecule has 0 saturated carbocycles. The molecule has 0 aliphatic carbocycles. The number of aromatic nitrogens is 1. The number of carbonyl (C=O) groups excluding carboxylic acids is 1. The zero-order valence-electron chi connectivity index (χ0n) is 20.5. The van der Waals surface area contributed by atoms with Gasteiger partial charge < -0.3 is 10.4 Å². The third-order valence-electron chi connectivity index (χ3n) is 6.71. The highest BCUT2D eigenvalue weighted by Crippen LogP contribution is 2.55. The van der Waals surface area contributed by atoms with Crippen LogP contribution in [0.5, 0.6) is 0 Å². The lowest BCUT2D eigenvalue weighted by Gasteiger charge is -2.50. The molecule has 3 rings (SSSR count). The minimum absolute atomic E-state index is 0.00426. The van der Waals surface area contributed by atoms with E-state index in [1.54, 1.807) is 25.1 Å². The molecule has 0 saturated heterocycles. The summed E-state index contributed by atoms with van der Waals surface area (Å²) in [4.78, 5) is 30.9. The number of hydrogen-bond acceptors (Lipinski definition) is 5. The number of nitrogens with one attached hydrogen (secondary N) is 1. The first-order chi connectivity index (χ1) is 15.8. The summed E-state index contributed by atoms with van der Waals surface area (Å²) in [6.07, 6.45) is 0.319. The quantitative estimate of drug-likeness (QED) is 0.631. The van der Waals surface area contributed by atoms with E-state index in [4.69, 9.17) is 0 Å². The van der Waals surface area contributed by atoms with Crippen LogP contribution in [0.1, 0.15) is 68.7 Å². The first kappa shape index (κ1) is 25.7. The van der Waals surface area contributed by atoms with E-state index in [1.807, 2.05) is 40.7 Å². The molecular formula is C25H33N3O5S. The predicted molar refractivity (Wildman–Crippen MR) is 129 cm³/mol. The van der Waals surface area contributed by atoms with Gasteiger partial charge in [0.1, 0.15) is 0 Å². The van der Waals surface area contributed by atoms with Gasteiger partial charge in [-0.25, -0.2) is 13.2 Å². The fraction of sp³-hybridized carbons (Fsp3) is 0.480. The molecule has 2 aromatic rings. The molecule has 2 N–H and O–H groups in total. The second kappa shape index (κ2) is 9.02. The monoisotopic (exact) mass is 487 g/mol. The van der Waals surface area contributed by atoms with E-state index in [9.17, 15) is 23.1 Å².